The fourth-order valence-corrected chi connectivity index (χ4v) is 2.75. The van der Waals surface area contributed by atoms with Crippen LogP contribution in [0.15, 0.2) is 24.4 Å². The van der Waals surface area contributed by atoms with E-state index in [1.807, 2.05) is 20.8 Å². The van der Waals surface area contributed by atoms with Crippen LogP contribution in [-0.2, 0) is 10.3 Å². The number of carbonyl (C=O) groups is 1. The Kier molecular flexibility index (Phi) is 3.27. The summed E-state index contributed by atoms with van der Waals surface area (Å²) in [5.41, 5.74) is 1.10. The van der Waals surface area contributed by atoms with Gasteiger partial charge in [-0.25, -0.2) is 13.5 Å². The minimum atomic E-state index is -0.909. The van der Waals surface area contributed by atoms with E-state index in [1.165, 1.54) is 6.07 Å². The second-order valence-electron chi connectivity index (χ2n) is 6.51. The number of hydrogen-bond donors (Lipinski definition) is 1. The fraction of sp³-hybridized carbons (Fsp3) is 0.375. The predicted molar refractivity (Wildman–Crippen MR) is 78.7 cm³/mol. The van der Waals surface area contributed by atoms with Gasteiger partial charge in [-0.05, 0) is 38.5 Å². The van der Waals surface area contributed by atoms with Gasteiger partial charge in [0.1, 0.15) is 5.82 Å². The van der Waals surface area contributed by atoms with Gasteiger partial charge in [-0.1, -0.05) is 6.07 Å². The maximum Gasteiger partial charge on any atom is 0.226 e. The van der Waals surface area contributed by atoms with Crippen LogP contribution in [0.25, 0.3) is 0 Å². The summed E-state index contributed by atoms with van der Waals surface area (Å²) in [6.45, 7) is 5.94. The first-order valence-electron chi connectivity index (χ1n) is 7.10. The molecule has 0 radical (unpaired) electrons. The van der Waals surface area contributed by atoms with Crippen molar-refractivity contribution in [3.05, 3.63) is 47.2 Å². The molecule has 1 aromatic heterocycles. The van der Waals surface area contributed by atoms with Crippen LogP contribution >= 0.6 is 0 Å². The zero-order chi connectivity index (χ0) is 16.1. The smallest absolute Gasteiger partial charge is 0.226 e. The Hall–Kier alpha value is -2.24. The number of hydrogen-bond acceptors (Lipinski definition) is 2. The predicted octanol–water partition coefficient (Wildman–Crippen LogP) is 3.39. The Morgan fingerprint density at radius 2 is 2.00 bits per heavy atom. The second-order valence-corrected chi connectivity index (χ2v) is 6.51. The monoisotopic (exact) mass is 305 g/mol. The minimum Gasteiger partial charge on any atom is -0.311 e. The lowest BCUT2D eigenvalue weighted by atomic mass is 9.87. The first-order valence-corrected chi connectivity index (χ1v) is 7.10. The molecule has 1 N–H and O–H groups in total. The molecule has 0 saturated carbocycles. The summed E-state index contributed by atoms with van der Waals surface area (Å²) in [4.78, 5) is 12.0. The van der Waals surface area contributed by atoms with E-state index in [1.54, 1.807) is 10.9 Å². The summed E-state index contributed by atoms with van der Waals surface area (Å²) in [7, 11) is 0. The Bertz CT molecular complexity index is 746. The lowest BCUT2D eigenvalue weighted by Gasteiger charge is -2.28. The Morgan fingerprint density at radius 1 is 1.27 bits per heavy atom. The third kappa shape index (κ3) is 2.38. The summed E-state index contributed by atoms with van der Waals surface area (Å²) in [6.07, 6.45) is 1.87. The van der Waals surface area contributed by atoms with E-state index >= 15 is 0 Å². The Labute approximate surface area is 127 Å². The molecule has 1 amide bonds. The molecular formula is C16H17F2N3O. The van der Waals surface area contributed by atoms with Gasteiger partial charge in [0.15, 0.2) is 11.6 Å². The number of amides is 1. The molecule has 2 aromatic rings. The molecule has 0 saturated heterocycles. The summed E-state index contributed by atoms with van der Waals surface area (Å²) in [5.74, 6) is -1.66. The number of benzene rings is 1. The maximum atomic E-state index is 13.5. The number of anilines is 1. The quantitative estimate of drug-likeness (QED) is 0.878. The van der Waals surface area contributed by atoms with Gasteiger partial charge in [0.25, 0.3) is 0 Å². The first-order chi connectivity index (χ1) is 10.3. The molecule has 0 spiro atoms. The van der Waals surface area contributed by atoms with Gasteiger partial charge in [0.2, 0.25) is 5.91 Å². The number of aromatic nitrogens is 2. The average Bonchev–Trinajstić information content (AvgIpc) is 2.84. The molecule has 4 nitrogen and oxygen atoms in total. The van der Waals surface area contributed by atoms with Gasteiger partial charge in [0.05, 0.1) is 11.7 Å². The second kappa shape index (κ2) is 4.90. The summed E-state index contributed by atoms with van der Waals surface area (Å²) < 4.78 is 28.4. The van der Waals surface area contributed by atoms with E-state index in [-0.39, 0.29) is 23.8 Å². The van der Waals surface area contributed by atoms with E-state index < -0.39 is 11.6 Å². The molecule has 1 aromatic carbocycles. The van der Waals surface area contributed by atoms with Crippen LogP contribution < -0.4 is 5.32 Å². The lowest BCUT2D eigenvalue weighted by Crippen LogP contribution is -2.30. The highest BCUT2D eigenvalue weighted by Gasteiger charge is 2.32. The van der Waals surface area contributed by atoms with Crippen molar-refractivity contribution in [2.75, 3.05) is 5.32 Å². The fourth-order valence-electron chi connectivity index (χ4n) is 2.75. The van der Waals surface area contributed by atoms with Crippen LogP contribution in [0.4, 0.5) is 14.6 Å². The molecule has 1 aliphatic rings. The van der Waals surface area contributed by atoms with Crippen LogP contribution in [0.3, 0.4) is 0 Å². The van der Waals surface area contributed by atoms with Gasteiger partial charge in [-0.15, -0.1) is 0 Å². The number of halogens is 2. The SMILES string of the molecule is CC(C)(C)n1ncc2c1NC(=O)C[C@H]2c1ccc(F)c(F)c1. The van der Waals surface area contributed by atoms with Crippen molar-refractivity contribution < 1.29 is 13.6 Å². The molecule has 1 aliphatic heterocycles. The zero-order valence-electron chi connectivity index (χ0n) is 12.7. The highest BCUT2D eigenvalue weighted by Crippen LogP contribution is 2.39. The molecule has 116 valence electrons. The molecule has 22 heavy (non-hydrogen) atoms. The normalized spacial score (nSPS) is 18.0. The van der Waals surface area contributed by atoms with Crippen LogP contribution in [-0.4, -0.2) is 15.7 Å². The standard InChI is InChI=1S/C16H17F2N3O/c1-16(2,3)21-15-11(8-19-21)10(7-14(22)20-15)9-4-5-12(17)13(18)6-9/h4-6,8,10H,7H2,1-3H3,(H,20,22)/t10-/m0/s1. The largest absolute Gasteiger partial charge is 0.311 e. The summed E-state index contributed by atoms with van der Waals surface area (Å²) >= 11 is 0. The van der Waals surface area contributed by atoms with Crippen LogP contribution in [0, 0.1) is 11.6 Å². The van der Waals surface area contributed by atoms with Crippen molar-refractivity contribution in [3.63, 3.8) is 0 Å². The Balaban J connectivity index is 2.11. The first kappa shape index (κ1) is 14.7. The van der Waals surface area contributed by atoms with Crippen molar-refractivity contribution in [3.8, 4) is 0 Å². The van der Waals surface area contributed by atoms with E-state index in [9.17, 15) is 13.6 Å². The number of carbonyl (C=O) groups excluding carboxylic acids is 1. The Morgan fingerprint density at radius 3 is 2.64 bits per heavy atom. The van der Waals surface area contributed by atoms with Crippen LogP contribution in [0.1, 0.15) is 44.2 Å². The summed E-state index contributed by atoms with van der Waals surface area (Å²) in [6, 6.07) is 3.75. The number of rotatable bonds is 1. The minimum absolute atomic E-state index is 0.159. The number of fused-ring (bicyclic) bond motifs is 1. The topological polar surface area (TPSA) is 46.9 Å². The average molecular weight is 305 g/mol. The number of nitrogens with zero attached hydrogens (tertiary/aromatic N) is 2. The van der Waals surface area contributed by atoms with Gasteiger partial charge in [-0.2, -0.15) is 5.10 Å². The molecule has 0 aliphatic carbocycles. The van der Waals surface area contributed by atoms with Gasteiger partial charge < -0.3 is 5.32 Å². The van der Waals surface area contributed by atoms with E-state index in [2.05, 4.69) is 10.4 Å². The molecule has 1 atom stereocenters. The molecule has 0 bridgehead atoms. The third-order valence-electron chi connectivity index (χ3n) is 3.80. The number of nitrogens with one attached hydrogen (secondary N) is 1. The van der Waals surface area contributed by atoms with Crippen LogP contribution in [0.2, 0.25) is 0 Å². The third-order valence-corrected chi connectivity index (χ3v) is 3.80. The molecular weight excluding hydrogens is 288 g/mol. The van der Waals surface area contributed by atoms with Gasteiger partial charge in [0, 0.05) is 17.9 Å². The zero-order valence-corrected chi connectivity index (χ0v) is 12.7. The van der Waals surface area contributed by atoms with Crippen molar-refractivity contribution in [2.45, 2.75) is 38.6 Å². The van der Waals surface area contributed by atoms with Crippen molar-refractivity contribution in [1.82, 2.24) is 9.78 Å². The van der Waals surface area contributed by atoms with E-state index in [4.69, 9.17) is 0 Å². The van der Waals surface area contributed by atoms with Gasteiger partial charge >= 0.3 is 0 Å². The van der Waals surface area contributed by atoms with Crippen molar-refractivity contribution >= 4 is 11.7 Å². The van der Waals surface area contributed by atoms with Gasteiger partial charge in [-0.3, -0.25) is 4.79 Å². The van der Waals surface area contributed by atoms with Crippen molar-refractivity contribution in [1.29, 1.82) is 0 Å². The molecule has 0 unspecified atom stereocenters. The van der Waals surface area contributed by atoms with Crippen molar-refractivity contribution in [2.24, 2.45) is 0 Å². The van der Waals surface area contributed by atoms with Crippen LogP contribution in [0.5, 0.6) is 0 Å². The molecule has 6 heteroatoms. The summed E-state index contributed by atoms with van der Waals surface area (Å²) in [5, 5.41) is 7.19. The highest BCUT2D eigenvalue weighted by atomic mass is 19.2. The molecule has 0 fully saturated rings. The van der Waals surface area contributed by atoms with E-state index in [0.717, 1.165) is 17.7 Å². The maximum absolute atomic E-state index is 13.5. The molecule has 3 rings (SSSR count). The van der Waals surface area contributed by atoms with E-state index in [0.29, 0.717) is 11.4 Å². The lowest BCUT2D eigenvalue weighted by molar-refractivity contribution is -0.116. The molecule has 2 heterocycles. The highest BCUT2D eigenvalue weighted by molar-refractivity contribution is 5.94.